The van der Waals surface area contributed by atoms with Crippen LogP contribution in [0.25, 0.3) is 0 Å². The van der Waals surface area contributed by atoms with E-state index in [9.17, 15) is 16.8 Å². The van der Waals surface area contributed by atoms with Crippen LogP contribution in [0.1, 0.15) is 39.0 Å². The fourth-order valence-corrected chi connectivity index (χ4v) is 6.32. The summed E-state index contributed by atoms with van der Waals surface area (Å²) in [6.07, 6.45) is 5.58. The van der Waals surface area contributed by atoms with Crippen LogP contribution in [0.3, 0.4) is 0 Å². The molecule has 1 aliphatic rings. The summed E-state index contributed by atoms with van der Waals surface area (Å²) in [5.74, 6) is -0.525. The maximum Gasteiger partial charge on any atom is 0.155 e. The number of hydrogen-bond donors (Lipinski definition) is 1. The average Bonchev–Trinajstić information content (AvgIpc) is 2.52. The molecule has 1 saturated carbocycles. The van der Waals surface area contributed by atoms with Crippen LogP contribution < -0.4 is 5.32 Å². The molecule has 0 saturated heterocycles. The van der Waals surface area contributed by atoms with E-state index in [1.807, 2.05) is 6.92 Å². The Kier molecular flexibility index (Phi) is 6.26. The van der Waals surface area contributed by atoms with Crippen molar-refractivity contribution in [2.45, 2.75) is 50.3 Å². The maximum absolute atomic E-state index is 12.4. The van der Waals surface area contributed by atoms with Crippen molar-refractivity contribution in [1.82, 2.24) is 5.32 Å². The van der Waals surface area contributed by atoms with Crippen LogP contribution in [0.2, 0.25) is 0 Å². The van der Waals surface area contributed by atoms with Gasteiger partial charge in [0.2, 0.25) is 0 Å². The van der Waals surface area contributed by atoms with Crippen LogP contribution in [0.15, 0.2) is 0 Å². The van der Waals surface area contributed by atoms with Gasteiger partial charge in [0.15, 0.2) is 9.84 Å². The molecule has 0 aliphatic heterocycles. The van der Waals surface area contributed by atoms with Crippen molar-refractivity contribution in [2.75, 3.05) is 24.3 Å². The molecular formula is C12H25NO4S2. The van der Waals surface area contributed by atoms with Gasteiger partial charge in [-0.3, -0.25) is 0 Å². The summed E-state index contributed by atoms with van der Waals surface area (Å²) in [6.45, 7) is 2.70. The molecule has 5 nitrogen and oxygen atoms in total. The molecule has 0 spiro atoms. The molecule has 1 aliphatic carbocycles. The van der Waals surface area contributed by atoms with Crippen LogP contribution in [0.5, 0.6) is 0 Å². The van der Waals surface area contributed by atoms with Crippen molar-refractivity contribution in [3.05, 3.63) is 0 Å². The topological polar surface area (TPSA) is 80.3 Å². The molecule has 0 bridgehead atoms. The van der Waals surface area contributed by atoms with Gasteiger partial charge in [-0.05, 0) is 19.4 Å². The molecule has 2 unspecified atom stereocenters. The summed E-state index contributed by atoms with van der Waals surface area (Å²) in [5.41, 5.74) is 0. The Labute approximate surface area is 117 Å². The van der Waals surface area contributed by atoms with Crippen molar-refractivity contribution in [2.24, 2.45) is 0 Å². The molecule has 0 aromatic carbocycles. The quantitative estimate of drug-likeness (QED) is 0.732. The standard InChI is InChI=1S/C12H25NO4S2/c1-3-13-11-7-5-4-6-8-12(11)19(16,17)10-9-18(2,14)15/h11-13H,3-10H2,1-2H3. The zero-order chi connectivity index (χ0) is 14.5. The zero-order valence-electron chi connectivity index (χ0n) is 11.8. The molecular weight excluding hydrogens is 286 g/mol. The zero-order valence-corrected chi connectivity index (χ0v) is 13.4. The summed E-state index contributed by atoms with van der Waals surface area (Å²) in [7, 11) is -6.59. The second-order valence-electron chi connectivity index (χ2n) is 5.34. The van der Waals surface area contributed by atoms with Gasteiger partial charge < -0.3 is 5.32 Å². The molecule has 1 N–H and O–H groups in total. The summed E-state index contributed by atoms with van der Waals surface area (Å²) >= 11 is 0. The van der Waals surface area contributed by atoms with Gasteiger partial charge in [-0.25, -0.2) is 16.8 Å². The van der Waals surface area contributed by atoms with Gasteiger partial charge in [0.05, 0.1) is 16.8 Å². The first-order valence-electron chi connectivity index (χ1n) is 6.89. The molecule has 0 amide bonds. The number of hydrogen-bond acceptors (Lipinski definition) is 5. The van der Waals surface area contributed by atoms with Crippen molar-refractivity contribution in [1.29, 1.82) is 0 Å². The Balaban J connectivity index is 2.81. The SMILES string of the molecule is CCNC1CCCCCC1S(=O)(=O)CCS(C)(=O)=O. The molecule has 0 heterocycles. The molecule has 7 heteroatoms. The summed E-state index contributed by atoms with van der Waals surface area (Å²) in [6, 6.07) is -0.0305. The van der Waals surface area contributed by atoms with Crippen molar-refractivity contribution >= 4 is 19.7 Å². The minimum Gasteiger partial charge on any atom is -0.313 e. The Morgan fingerprint density at radius 2 is 1.63 bits per heavy atom. The van der Waals surface area contributed by atoms with E-state index in [2.05, 4.69) is 5.32 Å². The monoisotopic (exact) mass is 311 g/mol. The van der Waals surface area contributed by atoms with Gasteiger partial charge in [0, 0.05) is 12.3 Å². The predicted octanol–water partition coefficient (Wildman–Crippen LogP) is 0.757. The van der Waals surface area contributed by atoms with E-state index in [0.29, 0.717) is 6.42 Å². The second kappa shape index (κ2) is 7.04. The van der Waals surface area contributed by atoms with Crippen LogP contribution >= 0.6 is 0 Å². The van der Waals surface area contributed by atoms with Crippen LogP contribution in [0.4, 0.5) is 0 Å². The highest BCUT2D eigenvalue weighted by Crippen LogP contribution is 2.24. The van der Waals surface area contributed by atoms with E-state index in [0.717, 1.165) is 38.5 Å². The molecule has 19 heavy (non-hydrogen) atoms. The Morgan fingerprint density at radius 1 is 1.00 bits per heavy atom. The molecule has 114 valence electrons. The number of rotatable bonds is 6. The summed E-state index contributed by atoms with van der Waals surface area (Å²) < 4.78 is 47.0. The van der Waals surface area contributed by atoms with Gasteiger partial charge in [0.1, 0.15) is 9.84 Å². The van der Waals surface area contributed by atoms with Gasteiger partial charge in [0.25, 0.3) is 0 Å². The molecule has 1 rings (SSSR count). The second-order valence-corrected chi connectivity index (χ2v) is 9.94. The summed E-state index contributed by atoms with van der Waals surface area (Å²) in [4.78, 5) is 0. The van der Waals surface area contributed by atoms with E-state index in [4.69, 9.17) is 0 Å². The van der Waals surface area contributed by atoms with Crippen molar-refractivity contribution in [3.8, 4) is 0 Å². The minimum atomic E-state index is -3.35. The predicted molar refractivity (Wildman–Crippen MR) is 77.8 cm³/mol. The van der Waals surface area contributed by atoms with Crippen LogP contribution in [-0.4, -0.2) is 52.4 Å². The Bertz CT molecular complexity index is 470. The third kappa shape index (κ3) is 5.79. The van der Waals surface area contributed by atoms with Crippen LogP contribution in [-0.2, 0) is 19.7 Å². The smallest absolute Gasteiger partial charge is 0.155 e. The first-order chi connectivity index (χ1) is 8.76. The van der Waals surface area contributed by atoms with E-state index in [1.54, 1.807) is 0 Å². The van der Waals surface area contributed by atoms with Gasteiger partial charge in [-0.15, -0.1) is 0 Å². The molecule has 0 radical (unpaired) electrons. The number of sulfone groups is 2. The van der Waals surface area contributed by atoms with E-state index >= 15 is 0 Å². The largest absolute Gasteiger partial charge is 0.313 e. The average molecular weight is 311 g/mol. The highest BCUT2D eigenvalue weighted by molar-refractivity contribution is 7.95. The van der Waals surface area contributed by atoms with Crippen molar-refractivity contribution in [3.63, 3.8) is 0 Å². The first kappa shape index (κ1) is 16.9. The molecule has 0 aromatic rings. The fourth-order valence-electron chi connectivity index (χ4n) is 2.62. The lowest BCUT2D eigenvalue weighted by Crippen LogP contribution is -2.45. The summed E-state index contributed by atoms with van der Waals surface area (Å²) in [5, 5.41) is 2.82. The maximum atomic E-state index is 12.4. The lowest BCUT2D eigenvalue weighted by atomic mass is 10.1. The highest BCUT2D eigenvalue weighted by atomic mass is 32.2. The molecule has 0 aromatic heterocycles. The van der Waals surface area contributed by atoms with E-state index < -0.39 is 24.9 Å². The Hall–Kier alpha value is -0.140. The third-order valence-electron chi connectivity index (χ3n) is 3.62. The fraction of sp³-hybridized carbons (Fsp3) is 1.00. The molecule has 2 atom stereocenters. The first-order valence-corrected chi connectivity index (χ1v) is 10.7. The van der Waals surface area contributed by atoms with E-state index in [1.165, 1.54) is 0 Å². The number of nitrogens with one attached hydrogen (secondary N) is 1. The van der Waals surface area contributed by atoms with Crippen molar-refractivity contribution < 1.29 is 16.8 Å². The van der Waals surface area contributed by atoms with Gasteiger partial charge in [-0.2, -0.15) is 0 Å². The minimum absolute atomic E-state index is 0.0305. The van der Waals surface area contributed by atoms with Crippen LogP contribution in [0, 0.1) is 0 Å². The Morgan fingerprint density at radius 3 is 2.21 bits per heavy atom. The lowest BCUT2D eigenvalue weighted by Gasteiger charge is -2.25. The lowest BCUT2D eigenvalue weighted by molar-refractivity contribution is 0.460. The van der Waals surface area contributed by atoms with E-state index in [-0.39, 0.29) is 17.5 Å². The van der Waals surface area contributed by atoms with Gasteiger partial charge in [-0.1, -0.05) is 26.2 Å². The normalized spacial score (nSPS) is 26.0. The van der Waals surface area contributed by atoms with Gasteiger partial charge >= 0.3 is 0 Å². The molecule has 1 fully saturated rings. The third-order valence-corrected chi connectivity index (χ3v) is 7.08. The highest BCUT2D eigenvalue weighted by Gasteiger charge is 2.34.